The van der Waals surface area contributed by atoms with Crippen LogP contribution in [0.3, 0.4) is 0 Å². The van der Waals surface area contributed by atoms with E-state index in [1.165, 1.54) is 0 Å². The van der Waals surface area contributed by atoms with Gasteiger partial charge < -0.3 is 9.80 Å². The van der Waals surface area contributed by atoms with Gasteiger partial charge in [-0.15, -0.1) is 11.3 Å². The molecule has 174 valence electrons. The van der Waals surface area contributed by atoms with Crippen LogP contribution in [0.5, 0.6) is 0 Å². The Morgan fingerprint density at radius 3 is 2.09 bits per heavy atom. The van der Waals surface area contributed by atoms with E-state index in [2.05, 4.69) is 9.88 Å². The first-order chi connectivity index (χ1) is 15.2. The van der Waals surface area contributed by atoms with E-state index in [1.54, 1.807) is 21.8 Å². The SMILES string of the molecule is Cc1cc(C)c(C)c(S(=O)(=O)N2CCC(C(=O)N3CCN(c4nccs4)CC3)CC2)c1C. The lowest BCUT2D eigenvalue weighted by Gasteiger charge is -2.38. The van der Waals surface area contributed by atoms with Crippen LogP contribution in [0.15, 0.2) is 22.5 Å². The molecule has 0 spiro atoms. The van der Waals surface area contributed by atoms with Crippen molar-refractivity contribution in [3.8, 4) is 0 Å². The van der Waals surface area contributed by atoms with Crippen LogP contribution >= 0.6 is 11.3 Å². The van der Waals surface area contributed by atoms with Crippen molar-refractivity contribution in [2.45, 2.75) is 45.4 Å². The second-order valence-corrected chi connectivity index (χ2v) is 11.6. The highest BCUT2D eigenvalue weighted by Gasteiger charge is 2.36. The maximum Gasteiger partial charge on any atom is 0.243 e. The molecule has 2 aliphatic heterocycles. The van der Waals surface area contributed by atoms with Gasteiger partial charge >= 0.3 is 0 Å². The van der Waals surface area contributed by atoms with Crippen LogP contribution in [-0.2, 0) is 14.8 Å². The van der Waals surface area contributed by atoms with Crippen LogP contribution in [0.2, 0.25) is 0 Å². The van der Waals surface area contributed by atoms with Crippen LogP contribution in [0.25, 0.3) is 0 Å². The molecule has 0 atom stereocenters. The fraction of sp³-hybridized carbons (Fsp3) is 0.565. The van der Waals surface area contributed by atoms with Gasteiger partial charge in [-0.2, -0.15) is 4.31 Å². The number of benzene rings is 1. The number of amides is 1. The lowest BCUT2D eigenvalue weighted by atomic mass is 9.96. The molecule has 3 heterocycles. The molecule has 0 saturated carbocycles. The molecule has 7 nitrogen and oxygen atoms in total. The second-order valence-electron chi connectivity index (χ2n) is 8.89. The van der Waals surface area contributed by atoms with Gasteiger partial charge in [-0.25, -0.2) is 13.4 Å². The second kappa shape index (κ2) is 9.11. The van der Waals surface area contributed by atoms with E-state index < -0.39 is 10.0 Å². The molecule has 4 rings (SSSR count). The van der Waals surface area contributed by atoms with Crippen molar-refractivity contribution >= 4 is 32.4 Å². The van der Waals surface area contributed by atoms with Crippen molar-refractivity contribution in [3.63, 3.8) is 0 Å². The number of anilines is 1. The molecule has 2 aromatic rings. The lowest BCUT2D eigenvalue weighted by molar-refractivity contribution is -0.137. The maximum atomic E-state index is 13.5. The van der Waals surface area contributed by atoms with E-state index in [1.807, 2.05) is 44.0 Å². The number of aromatic nitrogens is 1. The molecule has 0 N–H and O–H groups in total. The Bertz CT molecular complexity index is 1060. The molecular formula is C23H32N4O3S2. The summed E-state index contributed by atoms with van der Waals surface area (Å²) in [5.74, 6) is 0.0638. The van der Waals surface area contributed by atoms with Gasteiger partial charge in [0.05, 0.1) is 4.90 Å². The molecule has 1 amide bonds. The third kappa shape index (κ3) is 4.30. The van der Waals surface area contributed by atoms with Crippen LogP contribution in [0, 0.1) is 33.6 Å². The Morgan fingerprint density at radius 1 is 0.969 bits per heavy atom. The maximum absolute atomic E-state index is 13.5. The van der Waals surface area contributed by atoms with Gasteiger partial charge in [0.25, 0.3) is 0 Å². The summed E-state index contributed by atoms with van der Waals surface area (Å²) < 4.78 is 28.5. The third-order valence-electron chi connectivity index (χ3n) is 6.98. The molecule has 1 aromatic carbocycles. The minimum absolute atomic E-state index is 0.102. The summed E-state index contributed by atoms with van der Waals surface area (Å²) in [6.07, 6.45) is 2.96. The van der Waals surface area contributed by atoms with Crippen LogP contribution in [0.1, 0.15) is 35.1 Å². The number of aryl methyl sites for hydroxylation is 2. The van der Waals surface area contributed by atoms with E-state index in [0.29, 0.717) is 43.9 Å². The normalized spacial score (nSPS) is 18.9. The minimum Gasteiger partial charge on any atom is -0.345 e. The molecule has 1 aromatic heterocycles. The number of nitrogens with zero attached hydrogens (tertiary/aromatic N) is 4. The molecule has 2 aliphatic rings. The van der Waals surface area contributed by atoms with Crippen molar-refractivity contribution in [2.75, 3.05) is 44.2 Å². The zero-order valence-corrected chi connectivity index (χ0v) is 20.9. The highest BCUT2D eigenvalue weighted by Crippen LogP contribution is 2.31. The van der Waals surface area contributed by atoms with E-state index in [-0.39, 0.29) is 11.8 Å². The van der Waals surface area contributed by atoms with Gasteiger partial charge in [0.1, 0.15) is 0 Å². The standard InChI is InChI=1S/C23H32N4O3S2/c1-16-15-17(2)19(4)21(18(16)3)32(29,30)27-8-5-20(6-9-27)22(28)25-10-12-26(13-11-25)23-24-7-14-31-23/h7,14-15,20H,5-6,8-13H2,1-4H3. The highest BCUT2D eigenvalue weighted by atomic mass is 32.2. The molecule has 9 heteroatoms. The van der Waals surface area contributed by atoms with Crippen molar-refractivity contribution in [1.82, 2.24) is 14.2 Å². The molecule has 2 saturated heterocycles. The van der Waals surface area contributed by atoms with E-state index in [0.717, 1.165) is 40.5 Å². The number of hydrogen-bond donors (Lipinski definition) is 0. The average Bonchev–Trinajstić information content (AvgIpc) is 3.32. The first kappa shape index (κ1) is 23.2. The fourth-order valence-corrected chi connectivity index (χ4v) is 7.53. The Morgan fingerprint density at radius 2 is 1.56 bits per heavy atom. The largest absolute Gasteiger partial charge is 0.345 e. The number of rotatable bonds is 4. The van der Waals surface area contributed by atoms with Crippen molar-refractivity contribution in [2.24, 2.45) is 5.92 Å². The number of piperidine rings is 1. The molecule has 32 heavy (non-hydrogen) atoms. The predicted octanol–water partition coefficient (Wildman–Crippen LogP) is 3.13. The number of carbonyl (C=O) groups excluding carboxylic acids is 1. The average molecular weight is 477 g/mol. The number of piperazine rings is 1. The predicted molar refractivity (Wildman–Crippen MR) is 128 cm³/mol. The number of hydrogen-bond acceptors (Lipinski definition) is 6. The van der Waals surface area contributed by atoms with Gasteiger partial charge in [0.2, 0.25) is 15.9 Å². The van der Waals surface area contributed by atoms with Gasteiger partial charge in [0.15, 0.2) is 5.13 Å². The summed E-state index contributed by atoms with van der Waals surface area (Å²) in [6, 6.07) is 2.04. The van der Waals surface area contributed by atoms with Gasteiger partial charge in [-0.3, -0.25) is 4.79 Å². The molecule has 0 aliphatic carbocycles. The quantitative estimate of drug-likeness (QED) is 0.678. The first-order valence-electron chi connectivity index (χ1n) is 11.2. The monoisotopic (exact) mass is 476 g/mol. The van der Waals surface area contributed by atoms with E-state index >= 15 is 0 Å². The van der Waals surface area contributed by atoms with Crippen LogP contribution in [-0.4, -0.2) is 67.8 Å². The topological polar surface area (TPSA) is 73.8 Å². The minimum atomic E-state index is -3.58. The smallest absolute Gasteiger partial charge is 0.243 e. The first-order valence-corrected chi connectivity index (χ1v) is 13.5. The molecular weight excluding hydrogens is 444 g/mol. The van der Waals surface area contributed by atoms with Crippen LogP contribution < -0.4 is 4.90 Å². The lowest BCUT2D eigenvalue weighted by Crippen LogP contribution is -2.52. The van der Waals surface area contributed by atoms with E-state index in [9.17, 15) is 13.2 Å². The highest BCUT2D eigenvalue weighted by molar-refractivity contribution is 7.89. The van der Waals surface area contributed by atoms with Gasteiger partial charge in [-0.05, 0) is 62.8 Å². The molecule has 2 fully saturated rings. The Kier molecular flexibility index (Phi) is 6.61. The number of sulfonamides is 1. The van der Waals surface area contributed by atoms with Gasteiger partial charge in [0, 0.05) is 56.8 Å². The van der Waals surface area contributed by atoms with Crippen LogP contribution in [0.4, 0.5) is 5.13 Å². The summed E-state index contributed by atoms with van der Waals surface area (Å²) in [4.78, 5) is 22.1. The van der Waals surface area contributed by atoms with Crippen molar-refractivity contribution < 1.29 is 13.2 Å². The van der Waals surface area contributed by atoms with E-state index in [4.69, 9.17) is 0 Å². The summed E-state index contributed by atoms with van der Waals surface area (Å²) in [5.41, 5.74) is 3.64. The number of carbonyl (C=O) groups is 1. The summed E-state index contributed by atoms with van der Waals surface area (Å²) in [7, 11) is -3.58. The van der Waals surface area contributed by atoms with Gasteiger partial charge in [-0.1, -0.05) is 6.07 Å². The molecule has 0 bridgehead atoms. The summed E-state index contributed by atoms with van der Waals surface area (Å²) in [6.45, 7) is 11.4. The molecule has 0 unspecified atom stereocenters. The molecule has 0 radical (unpaired) electrons. The van der Waals surface area contributed by atoms with Crippen molar-refractivity contribution in [3.05, 3.63) is 39.9 Å². The zero-order chi connectivity index (χ0) is 23.0. The third-order valence-corrected chi connectivity index (χ3v) is 9.98. The number of thiazole rings is 1. The Labute approximate surface area is 195 Å². The summed E-state index contributed by atoms with van der Waals surface area (Å²) >= 11 is 1.62. The Hall–Kier alpha value is -1.97. The van der Waals surface area contributed by atoms with Crippen molar-refractivity contribution in [1.29, 1.82) is 0 Å². The zero-order valence-electron chi connectivity index (χ0n) is 19.3. The fourth-order valence-electron chi connectivity index (χ4n) is 4.79. The summed E-state index contributed by atoms with van der Waals surface area (Å²) in [5, 5.41) is 2.98. The Balaban J connectivity index is 1.39.